The van der Waals surface area contributed by atoms with Crippen molar-refractivity contribution in [3.05, 3.63) is 64.7 Å². The van der Waals surface area contributed by atoms with E-state index in [1.807, 2.05) is 25.1 Å². The van der Waals surface area contributed by atoms with Crippen molar-refractivity contribution in [2.24, 2.45) is 0 Å². The minimum Gasteiger partial charge on any atom is -0.349 e. The summed E-state index contributed by atoms with van der Waals surface area (Å²) in [6.07, 6.45) is 6.18. The molecule has 154 valence electrons. The normalized spacial score (nSPS) is 18.2. The van der Waals surface area contributed by atoms with Gasteiger partial charge in [-0.05, 0) is 55.0 Å². The van der Waals surface area contributed by atoms with E-state index in [2.05, 4.69) is 11.4 Å². The van der Waals surface area contributed by atoms with Gasteiger partial charge in [0.2, 0.25) is 10.0 Å². The third-order valence-electron chi connectivity index (χ3n) is 6.13. The third-order valence-corrected chi connectivity index (χ3v) is 7.97. The van der Waals surface area contributed by atoms with Gasteiger partial charge in [-0.1, -0.05) is 49.6 Å². The number of hydrogen-bond donors (Lipinski definition) is 1. The summed E-state index contributed by atoms with van der Waals surface area (Å²) < 4.78 is 28.1. The Labute approximate surface area is 173 Å². The van der Waals surface area contributed by atoms with Crippen LogP contribution in [0.5, 0.6) is 0 Å². The van der Waals surface area contributed by atoms with Gasteiger partial charge in [0, 0.05) is 24.7 Å². The van der Waals surface area contributed by atoms with Crippen molar-refractivity contribution < 1.29 is 13.2 Å². The van der Waals surface area contributed by atoms with Crippen LogP contribution >= 0.6 is 0 Å². The predicted molar refractivity (Wildman–Crippen MR) is 113 cm³/mol. The number of amides is 1. The summed E-state index contributed by atoms with van der Waals surface area (Å²) in [6.45, 7) is 2.68. The van der Waals surface area contributed by atoms with Gasteiger partial charge in [0.1, 0.15) is 0 Å². The third kappa shape index (κ3) is 4.23. The highest BCUT2D eigenvalue weighted by atomic mass is 32.2. The lowest BCUT2D eigenvalue weighted by Gasteiger charge is -2.28. The molecule has 1 amide bonds. The summed E-state index contributed by atoms with van der Waals surface area (Å²) in [5, 5.41) is 3.10. The molecule has 2 aromatic carbocycles. The molecule has 0 radical (unpaired) electrons. The van der Waals surface area contributed by atoms with Gasteiger partial charge in [0.25, 0.3) is 5.91 Å². The van der Waals surface area contributed by atoms with E-state index in [4.69, 9.17) is 0 Å². The molecule has 2 aliphatic rings. The number of carbonyl (C=O) groups excluding carboxylic acids is 1. The molecule has 0 saturated heterocycles. The molecule has 29 heavy (non-hydrogen) atoms. The SMILES string of the molecule is Cc1ccc(S(=O)(=O)N2CCc3ccccc3C2)cc1C(=O)NC1CCCCC1. The Hall–Kier alpha value is -2.18. The van der Waals surface area contributed by atoms with E-state index < -0.39 is 10.0 Å². The molecule has 4 rings (SSSR count). The van der Waals surface area contributed by atoms with Gasteiger partial charge in [-0.15, -0.1) is 0 Å². The summed E-state index contributed by atoms with van der Waals surface area (Å²) in [4.78, 5) is 13.0. The molecule has 5 nitrogen and oxygen atoms in total. The maximum Gasteiger partial charge on any atom is 0.251 e. The molecule has 1 N–H and O–H groups in total. The number of carbonyl (C=O) groups is 1. The molecule has 0 atom stereocenters. The number of fused-ring (bicyclic) bond motifs is 1. The summed E-state index contributed by atoms with van der Waals surface area (Å²) in [7, 11) is -3.66. The molecule has 2 aromatic rings. The summed E-state index contributed by atoms with van der Waals surface area (Å²) >= 11 is 0. The fraction of sp³-hybridized carbons (Fsp3) is 0.435. The topological polar surface area (TPSA) is 66.5 Å². The Balaban J connectivity index is 1.57. The second kappa shape index (κ2) is 8.28. The maximum absolute atomic E-state index is 13.3. The fourth-order valence-electron chi connectivity index (χ4n) is 4.34. The fourth-order valence-corrected chi connectivity index (χ4v) is 5.79. The van der Waals surface area contributed by atoms with Crippen LogP contribution in [-0.4, -0.2) is 31.2 Å². The number of rotatable bonds is 4. The number of nitrogens with one attached hydrogen (secondary N) is 1. The maximum atomic E-state index is 13.3. The Morgan fingerprint density at radius 3 is 2.52 bits per heavy atom. The molecular weight excluding hydrogens is 384 g/mol. The van der Waals surface area contributed by atoms with Crippen LogP contribution < -0.4 is 5.32 Å². The lowest BCUT2D eigenvalue weighted by Crippen LogP contribution is -2.37. The highest BCUT2D eigenvalue weighted by Crippen LogP contribution is 2.26. The van der Waals surface area contributed by atoms with Gasteiger partial charge in [0.15, 0.2) is 0 Å². The molecule has 1 aliphatic carbocycles. The second-order valence-electron chi connectivity index (χ2n) is 8.14. The number of nitrogens with zero attached hydrogens (tertiary/aromatic N) is 1. The molecule has 0 bridgehead atoms. The smallest absolute Gasteiger partial charge is 0.251 e. The Morgan fingerprint density at radius 1 is 1.03 bits per heavy atom. The standard InChI is InChI=1S/C23H28N2O3S/c1-17-11-12-21(15-22(17)23(26)24-20-9-3-2-4-10-20)29(27,28)25-14-13-18-7-5-6-8-19(18)16-25/h5-8,11-12,15,20H,2-4,9-10,13-14,16H2,1H3,(H,24,26). The summed E-state index contributed by atoms with van der Waals surface area (Å²) in [6, 6.07) is 13.0. The lowest BCUT2D eigenvalue weighted by molar-refractivity contribution is 0.0927. The van der Waals surface area contributed by atoms with E-state index in [-0.39, 0.29) is 16.8 Å². The minimum atomic E-state index is -3.66. The zero-order chi connectivity index (χ0) is 20.4. The second-order valence-corrected chi connectivity index (χ2v) is 10.1. The van der Waals surface area contributed by atoms with E-state index >= 15 is 0 Å². The lowest BCUT2D eigenvalue weighted by atomic mass is 9.95. The Bertz CT molecular complexity index is 1010. The van der Waals surface area contributed by atoms with Gasteiger partial charge < -0.3 is 5.32 Å². The van der Waals surface area contributed by atoms with Crippen LogP contribution in [-0.2, 0) is 23.0 Å². The monoisotopic (exact) mass is 412 g/mol. The van der Waals surface area contributed by atoms with E-state index in [0.717, 1.165) is 36.8 Å². The largest absolute Gasteiger partial charge is 0.349 e. The van der Waals surface area contributed by atoms with Gasteiger partial charge in [-0.25, -0.2) is 8.42 Å². The van der Waals surface area contributed by atoms with Crippen LogP contribution in [0.4, 0.5) is 0 Å². The van der Waals surface area contributed by atoms with E-state index in [0.29, 0.717) is 25.1 Å². The summed E-state index contributed by atoms with van der Waals surface area (Å²) in [5.41, 5.74) is 3.50. The highest BCUT2D eigenvalue weighted by Gasteiger charge is 2.29. The quantitative estimate of drug-likeness (QED) is 0.831. The van der Waals surface area contributed by atoms with Crippen LogP contribution in [0.25, 0.3) is 0 Å². The molecule has 1 fully saturated rings. The van der Waals surface area contributed by atoms with Crippen LogP contribution in [0.15, 0.2) is 47.4 Å². The predicted octanol–water partition coefficient (Wildman–Crippen LogP) is 3.80. The number of hydrogen-bond acceptors (Lipinski definition) is 3. The van der Waals surface area contributed by atoms with Crippen molar-refractivity contribution in [3.8, 4) is 0 Å². The van der Waals surface area contributed by atoms with Crippen molar-refractivity contribution in [3.63, 3.8) is 0 Å². The van der Waals surface area contributed by atoms with Crippen LogP contribution in [0, 0.1) is 6.92 Å². The zero-order valence-corrected chi connectivity index (χ0v) is 17.7. The first-order valence-electron chi connectivity index (χ1n) is 10.4. The van der Waals surface area contributed by atoms with Crippen molar-refractivity contribution >= 4 is 15.9 Å². The van der Waals surface area contributed by atoms with Crippen molar-refractivity contribution in [1.29, 1.82) is 0 Å². The van der Waals surface area contributed by atoms with Gasteiger partial charge in [-0.2, -0.15) is 4.31 Å². The van der Waals surface area contributed by atoms with E-state index in [1.54, 1.807) is 18.2 Å². The molecule has 1 saturated carbocycles. The Morgan fingerprint density at radius 2 is 1.76 bits per heavy atom. The number of aryl methyl sites for hydroxylation is 1. The van der Waals surface area contributed by atoms with Crippen LogP contribution in [0.1, 0.15) is 59.2 Å². The van der Waals surface area contributed by atoms with E-state index in [9.17, 15) is 13.2 Å². The Kier molecular flexibility index (Phi) is 5.74. The first-order valence-corrected chi connectivity index (χ1v) is 11.9. The van der Waals surface area contributed by atoms with Gasteiger partial charge in [-0.3, -0.25) is 4.79 Å². The average Bonchev–Trinajstić information content (AvgIpc) is 2.74. The van der Waals surface area contributed by atoms with Crippen LogP contribution in [0.3, 0.4) is 0 Å². The minimum absolute atomic E-state index is 0.171. The first kappa shape index (κ1) is 20.1. The molecule has 0 aromatic heterocycles. The summed E-state index contributed by atoms with van der Waals surface area (Å²) in [5.74, 6) is -0.171. The first-order chi connectivity index (χ1) is 13.9. The van der Waals surface area contributed by atoms with E-state index in [1.165, 1.54) is 16.3 Å². The van der Waals surface area contributed by atoms with Crippen molar-refractivity contribution in [2.75, 3.05) is 6.54 Å². The van der Waals surface area contributed by atoms with Crippen molar-refractivity contribution in [1.82, 2.24) is 9.62 Å². The average molecular weight is 413 g/mol. The molecule has 1 heterocycles. The van der Waals surface area contributed by atoms with Crippen molar-refractivity contribution in [2.45, 2.75) is 62.9 Å². The molecule has 6 heteroatoms. The molecule has 0 spiro atoms. The van der Waals surface area contributed by atoms with Crippen LogP contribution in [0.2, 0.25) is 0 Å². The van der Waals surface area contributed by atoms with Gasteiger partial charge in [0.05, 0.1) is 4.90 Å². The highest BCUT2D eigenvalue weighted by molar-refractivity contribution is 7.89. The number of sulfonamides is 1. The molecule has 0 unspecified atom stereocenters. The number of benzene rings is 2. The molecular formula is C23H28N2O3S. The zero-order valence-electron chi connectivity index (χ0n) is 16.9. The van der Waals surface area contributed by atoms with Gasteiger partial charge >= 0.3 is 0 Å². The molecule has 1 aliphatic heterocycles.